The minimum atomic E-state index is -0.178. The second-order valence-corrected chi connectivity index (χ2v) is 10.5. The first-order valence-electron chi connectivity index (χ1n) is 12.7. The summed E-state index contributed by atoms with van der Waals surface area (Å²) in [4.78, 5) is 20.9. The maximum atomic E-state index is 13.2. The number of thiazole rings is 1. The van der Waals surface area contributed by atoms with Crippen LogP contribution in [0.5, 0.6) is 0 Å². The molecule has 0 spiro atoms. The van der Waals surface area contributed by atoms with Gasteiger partial charge in [-0.05, 0) is 44.0 Å². The van der Waals surface area contributed by atoms with Crippen LogP contribution in [0, 0.1) is 12.7 Å². The van der Waals surface area contributed by atoms with Gasteiger partial charge in [0, 0.05) is 63.4 Å². The van der Waals surface area contributed by atoms with Gasteiger partial charge < -0.3 is 10.2 Å². The molecule has 0 amide bonds. The van der Waals surface area contributed by atoms with Crippen LogP contribution in [0.25, 0.3) is 5.70 Å². The van der Waals surface area contributed by atoms with E-state index in [0.717, 1.165) is 85.8 Å². The maximum Gasteiger partial charge on any atom is 0.182 e. The number of anilines is 1. The molecule has 1 N–H and O–H groups in total. The summed E-state index contributed by atoms with van der Waals surface area (Å²) >= 11 is 1.68. The summed E-state index contributed by atoms with van der Waals surface area (Å²) in [5.41, 5.74) is 4.99. The molecule has 7 nitrogen and oxygen atoms in total. The summed E-state index contributed by atoms with van der Waals surface area (Å²) in [6, 6.07) is 7.34. The maximum absolute atomic E-state index is 13.2. The van der Waals surface area contributed by atoms with Crippen LogP contribution >= 0.6 is 11.3 Å². The molecule has 2 saturated heterocycles. The summed E-state index contributed by atoms with van der Waals surface area (Å²) in [6.07, 6.45) is 5.98. The van der Waals surface area contributed by atoms with Crippen molar-refractivity contribution in [3.8, 4) is 0 Å². The lowest BCUT2D eigenvalue weighted by Gasteiger charge is -2.36. The molecule has 36 heavy (non-hydrogen) atoms. The van der Waals surface area contributed by atoms with Crippen LogP contribution in [0.1, 0.15) is 35.5 Å². The SMILES string of the molecule is C=C(c1cnc(C)cn1)N1CCN(Cc2csc(NCC3CCCN3Cc3ccc(F)cc3)n2)CC1. The number of rotatable bonds is 9. The highest BCUT2D eigenvalue weighted by Crippen LogP contribution is 2.23. The fourth-order valence-corrected chi connectivity index (χ4v) is 5.64. The first-order chi connectivity index (χ1) is 17.5. The zero-order chi connectivity index (χ0) is 24.9. The Morgan fingerprint density at radius 2 is 1.89 bits per heavy atom. The third-order valence-corrected chi connectivity index (χ3v) is 7.90. The monoisotopic (exact) mass is 507 g/mol. The Bertz CT molecular complexity index is 1140. The van der Waals surface area contributed by atoms with Gasteiger partial charge in [-0.2, -0.15) is 0 Å². The van der Waals surface area contributed by atoms with Gasteiger partial charge in [-0.15, -0.1) is 11.3 Å². The molecule has 0 radical (unpaired) electrons. The van der Waals surface area contributed by atoms with E-state index in [1.807, 2.05) is 19.1 Å². The predicted molar refractivity (Wildman–Crippen MR) is 143 cm³/mol. The highest BCUT2D eigenvalue weighted by molar-refractivity contribution is 7.13. The minimum absolute atomic E-state index is 0.178. The van der Waals surface area contributed by atoms with Crippen LogP contribution in [-0.2, 0) is 13.1 Å². The van der Waals surface area contributed by atoms with Crippen molar-refractivity contribution in [3.63, 3.8) is 0 Å². The van der Waals surface area contributed by atoms with Crippen molar-refractivity contribution in [2.24, 2.45) is 0 Å². The molecular weight excluding hydrogens is 473 g/mol. The fraction of sp³-hybridized carbons (Fsp3) is 0.444. The van der Waals surface area contributed by atoms with E-state index in [1.54, 1.807) is 35.9 Å². The zero-order valence-corrected chi connectivity index (χ0v) is 21.7. The number of hydrogen-bond donors (Lipinski definition) is 1. The summed E-state index contributed by atoms with van der Waals surface area (Å²) in [6.45, 7) is 13.7. The summed E-state index contributed by atoms with van der Waals surface area (Å²) in [5.74, 6) is -0.178. The number of likely N-dealkylation sites (tertiary alicyclic amines) is 1. The molecule has 2 fully saturated rings. The van der Waals surface area contributed by atoms with E-state index in [1.165, 1.54) is 12.8 Å². The summed E-state index contributed by atoms with van der Waals surface area (Å²) < 4.78 is 13.2. The van der Waals surface area contributed by atoms with Crippen molar-refractivity contribution in [3.05, 3.63) is 77.1 Å². The van der Waals surface area contributed by atoms with Crippen molar-refractivity contribution in [2.45, 2.75) is 38.9 Å². The third-order valence-electron chi connectivity index (χ3n) is 7.05. The van der Waals surface area contributed by atoms with Crippen molar-refractivity contribution in [1.29, 1.82) is 0 Å². The van der Waals surface area contributed by atoms with E-state index in [2.05, 4.69) is 41.9 Å². The van der Waals surface area contributed by atoms with E-state index in [4.69, 9.17) is 4.98 Å². The average Bonchev–Trinajstić information content (AvgIpc) is 3.53. The zero-order valence-electron chi connectivity index (χ0n) is 20.9. The standard InChI is InChI=1S/C27H34FN7S/c1-20-14-30-26(16-29-20)21(2)34-12-10-33(11-13-34)18-24-19-36-27(32-24)31-15-25-4-3-9-35(25)17-22-5-7-23(28)8-6-22/h5-8,14,16,19,25H,2-4,9-13,15,17-18H2,1H3,(H,31,32). The van der Waals surface area contributed by atoms with Crippen molar-refractivity contribution >= 4 is 22.2 Å². The molecule has 0 aliphatic carbocycles. The number of piperazine rings is 1. The third kappa shape index (κ3) is 6.27. The van der Waals surface area contributed by atoms with E-state index in [9.17, 15) is 4.39 Å². The van der Waals surface area contributed by atoms with E-state index in [-0.39, 0.29) is 5.82 Å². The van der Waals surface area contributed by atoms with Gasteiger partial charge in [-0.25, -0.2) is 9.37 Å². The first-order valence-corrected chi connectivity index (χ1v) is 13.5. The van der Waals surface area contributed by atoms with Gasteiger partial charge in [0.25, 0.3) is 0 Å². The highest BCUT2D eigenvalue weighted by atomic mass is 32.1. The number of hydrogen-bond acceptors (Lipinski definition) is 8. The molecule has 5 rings (SSSR count). The number of halogens is 1. The van der Waals surface area contributed by atoms with Crippen LogP contribution in [-0.4, -0.2) is 75.0 Å². The van der Waals surface area contributed by atoms with Crippen LogP contribution in [0.2, 0.25) is 0 Å². The van der Waals surface area contributed by atoms with Gasteiger partial charge in [-0.1, -0.05) is 18.7 Å². The second-order valence-electron chi connectivity index (χ2n) is 9.67. The van der Waals surface area contributed by atoms with Gasteiger partial charge in [0.2, 0.25) is 0 Å². The number of aryl methyl sites for hydroxylation is 1. The predicted octanol–water partition coefficient (Wildman–Crippen LogP) is 4.25. The molecule has 2 aromatic heterocycles. The fourth-order valence-electron chi connectivity index (χ4n) is 4.93. The highest BCUT2D eigenvalue weighted by Gasteiger charge is 2.25. The molecular formula is C27H34FN7S. The minimum Gasteiger partial charge on any atom is -0.368 e. The number of nitrogens with zero attached hydrogens (tertiary/aromatic N) is 6. The van der Waals surface area contributed by atoms with Crippen molar-refractivity contribution < 1.29 is 4.39 Å². The molecule has 0 saturated carbocycles. The van der Waals surface area contributed by atoms with Crippen LogP contribution in [0.3, 0.4) is 0 Å². The van der Waals surface area contributed by atoms with Gasteiger partial charge in [0.1, 0.15) is 11.5 Å². The summed E-state index contributed by atoms with van der Waals surface area (Å²) in [5, 5.41) is 6.72. The van der Waals surface area contributed by atoms with E-state index >= 15 is 0 Å². The topological polar surface area (TPSA) is 60.4 Å². The van der Waals surface area contributed by atoms with Gasteiger partial charge in [0.15, 0.2) is 5.13 Å². The Morgan fingerprint density at radius 3 is 2.64 bits per heavy atom. The van der Waals surface area contributed by atoms with E-state index < -0.39 is 0 Å². The lowest BCUT2D eigenvalue weighted by atomic mass is 10.2. The lowest BCUT2D eigenvalue weighted by Crippen LogP contribution is -2.44. The van der Waals surface area contributed by atoms with Gasteiger partial charge in [0.05, 0.1) is 23.3 Å². The number of benzene rings is 1. The lowest BCUT2D eigenvalue weighted by molar-refractivity contribution is 0.168. The Kier molecular flexibility index (Phi) is 7.89. The summed E-state index contributed by atoms with van der Waals surface area (Å²) in [7, 11) is 0. The van der Waals surface area contributed by atoms with Crippen LogP contribution < -0.4 is 5.32 Å². The molecule has 2 aliphatic heterocycles. The molecule has 0 bridgehead atoms. The van der Waals surface area contributed by atoms with Crippen LogP contribution in [0.4, 0.5) is 9.52 Å². The largest absolute Gasteiger partial charge is 0.368 e. The molecule has 1 atom stereocenters. The normalized spacial score (nSPS) is 19.1. The smallest absolute Gasteiger partial charge is 0.182 e. The first kappa shape index (κ1) is 24.8. The molecule has 190 valence electrons. The number of aromatic nitrogens is 3. The molecule has 1 unspecified atom stereocenters. The molecule has 9 heteroatoms. The Labute approximate surface area is 216 Å². The second kappa shape index (κ2) is 11.5. The van der Waals surface area contributed by atoms with Crippen LogP contribution in [0.15, 0.2) is 48.6 Å². The van der Waals surface area contributed by atoms with Gasteiger partial charge in [-0.3, -0.25) is 19.8 Å². The average molecular weight is 508 g/mol. The molecule has 2 aliphatic rings. The van der Waals surface area contributed by atoms with Crippen molar-refractivity contribution in [2.75, 3.05) is 44.6 Å². The van der Waals surface area contributed by atoms with E-state index in [0.29, 0.717) is 6.04 Å². The molecule has 4 heterocycles. The number of nitrogens with one attached hydrogen (secondary N) is 1. The molecule has 3 aromatic rings. The Balaban J connectivity index is 1.07. The Morgan fingerprint density at radius 1 is 1.08 bits per heavy atom. The van der Waals surface area contributed by atoms with Gasteiger partial charge >= 0.3 is 0 Å². The quantitative estimate of drug-likeness (QED) is 0.465. The molecule has 1 aromatic carbocycles. The Hall–Kier alpha value is -2.88. The van der Waals surface area contributed by atoms with Crippen molar-refractivity contribution in [1.82, 2.24) is 29.7 Å².